The maximum atomic E-state index is 14.8. The van der Waals surface area contributed by atoms with Gasteiger partial charge in [0.1, 0.15) is 23.4 Å². The Kier molecular flexibility index (Phi) is 5.66. The molecule has 0 saturated carbocycles. The molecular weight excluding hydrogens is 385 g/mol. The van der Waals surface area contributed by atoms with Crippen LogP contribution in [0.2, 0.25) is 0 Å². The molecule has 1 aliphatic rings. The highest BCUT2D eigenvalue weighted by Crippen LogP contribution is 2.40. The molecule has 1 aromatic carbocycles. The molecule has 0 bridgehead atoms. The van der Waals surface area contributed by atoms with Crippen LogP contribution in [0.5, 0.6) is 5.75 Å². The molecule has 4 N–H and O–H groups in total. The number of hydrogen-bond donors (Lipinski definition) is 4. The maximum absolute atomic E-state index is 14.8. The lowest BCUT2D eigenvalue weighted by Gasteiger charge is -2.28. The van der Waals surface area contributed by atoms with Crippen molar-refractivity contribution >= 4 is 40.9 Å². The van der Waals surface area contributed by atoms with Crippen molar-refractivity contribution in [1.29, 1.82) is 0 Å². The Morgan fingerprint density at radius 2 is 2.29 bits per heavy atom. The van der Waals surface area contributed by atoms with E-state index < -0.39 is 22.8 Å². The highest BCUT2D eigenvalue weighted by atomic mass is 32.1. The van der Waals surface area contributed by atoms with Crippen molar-refractivity contribution in [1.82, 2.24) is 4.57 Å². The van der Waals surface area contributed by atoms with Crippen molar-refractivity contribution in [2.45, 2.75) is 32.7 Å². The predicted octanol–water partition coefficient (Wildman–Crippen LogP) is 2.81. The zero-order chi connectivity index (χ0) is 20.6. The number of anilines is 1. The summed E-state index contributed by atoms with van der Waals surface area (Å²) in [5.74, 6) is -1.87. The lowest BCUT2D eigenvalue weighted by molar-refractivity contribution is 0.0694. The second-order valence-corrected chi connectivity index (χ2v) is 6.94. The van der Waals surface area contributed by atoms with Gasteiger partial charge in [0, 0.05) is 18.3 Å². The first-order chi connectivity index (χ1) is 13.3. The fourth-order valence-electron chi connectivity index (χ4n) is 3.40. The normalized spacial score (nSPS) is 15.5. The second kappa shape index (κ2) is 7.84. The molecular formula is C19H22FN3O4S. The first-order valence-electron chi connectivity index (χ1n) is 8.92. The second-order valence-electron chi connectivity index (χ2n) is 6.68. The van der Waals surface area contributed by atoms with E-state index in [9.17, 15) is 19.1 Å². The molecule has 1 aliphatic heterocycles. The van der Waals surface area contributed by atoms with E-state index in [0.717, 1.165) is 12.5 Å². The molecule has 2 heterocycles. The Balaban J connectivity index is 2.28. The van der Waals surface area contributed by atoms with Crippen LogP contribution in [0.15, 0.2) is 16.3 Å². The number of ether oxygens (including phenoxy) is 1. The smallest absolute Gasteiger partial charge is 0.341 e. The number of carboxylic acid groups (broad SMARTS) is 1. The number of nitrogens with two attached hydrogens (primary N) is 1. The molecule has 0 radical (unpaired) electrons. The molecule has 0 spiro atoms. The van der Waals surface area contributed by atoms with Gasteiger partial charge in [-0.05, 0) is 31.2 Å². The number of carbonyl (C=O) groups is 1. The predicted molar refractivity (Wildman–Crippen MR) is 110 cm³/mol. The number of rotatable bonds is 6. The number of aromatic carboxylic acids is 1. The van der Waals surface area contributed by atoms with Crippen molar-refractivity contribution in [3.8, 4) is 5.75 Å². The van der Waals surface area contributed by atoms with Gasteiger partial charge in [0.25, 0.3) is 0 Å². The monoisotopic (exact) mass is 407 g/mol. The van der Waals surface area contributed by atoms with E-state index in [1.165, 1.54) is 12.3 Å². The number of nitrogens with zero attached hydrogens (tertiary/aromatic N) is 1. The van der Waals surface area contributed by atoms with E-state index >= 15 is 0 Å². The van der Waals surface area contributed by atoms with E-state index in [0.29, 0.717) is 24.2 Å². The molecule has 28 heavy (non-hydrogen) atoms. The number of aromatic nitrogens is 1. The van der Waals surface area contributed by atoms with Crippen LogP contribution in [0.1, 0.15) is 35.8 Å². The summed E-state index contributed by atoms with van der Waals surface area (Å²) in [5.41, 5.74) is 5.99. The van der Waals surface area contributed by atoms with Crippen LogP contribution in [0, 0.1) is 12.7 Å². The van der Waals surface area contributed by atoms with Gasteiger partial charge in [0.2, 0.25) is 5.43 Å². The highest BCUT2D eigenvalue weighted by Gasteiger charge is 2.29. The third kappa shape index (κ3) is 3.24. The molecule has 1 aromatic heterocycles. The van der Waals surface area contributed by atoms with E-state index in [-0.39, 0.29) is 35.2 Å². The van der Waals surface area contributed by atoms with E-state index in [4.69, 9.17) is 10.5 Å². The van der Waals surface area contributed by atoms with Crippen molar-refractivity contribution in [2.24, 2.45) is 5.73 Å². The highest BCUT2D eigenvalue weighted by molar-refractivity contribution is 7.83. The summed E-state index contributed by atoms with van der Waals surface area (Å²) in [6.07, 6.45) is 1.44. The van der Waals surface area contributed by atoms with E-state index in [1.807, 2.05) is 6.92 Å². The largest absolute Gasteiger partial charge is 0.483 e. The van der Waals surface area contributed by atoms with Crippen LogP contribution in [-0.4, -0.2) is 34.8 Å². The van der Waals surface area contributed by atoms with Crippen molar-refractivity contribution in [2.75, 3.05) is 18.5 Å². The molecule has 9 heteroatoms. The Morgan fingerprint density at radius 1 is 1.57 bits per heavy atom. The van der Waals surface area contributed by atoms with Gasteiger partial charge in [-0.3, -0.25) is 4.79 Å². The minimum atomic E-state index is -1.36. The van der Waals surface area contributed by atoms with Crippen LogP contribution in [-0.2, 0) is 0 Å². The third-order valence-corrected chi connectivity index (χ3v) is 5.25. The topological polar surface area (TPSA) is 107 Å². The summed E-state index contributed by atoms with van der Waals surface area (Å²) in [5, 5.41) is 13.9. The maximum Gasteiger partial charge on any atom is 0.341 e. The van der Waals surface area contributed by atoms with Gasteiger partial charge in [0.05, 0.1) is 11.1 Å². The molecule has 7 nitrogen and oxygen atoms in total. The Morgan fingerprint density at radius 3 is 2.89 bits per heavy atom. The first kappa shape index (κ1) is 20.2. The Hall–Kier alpha value is -2.52. The van der Waals surface area contributed by atoms with Gasteiger partial charge >= 0.3 is 5.97 Å². The fourth-order valence-corrected chi connectivity index (χ4v) is 3.59. The molecule has 0 amide bonds. The number of benzene rings is 1. The van der Waals surface area contributed by atoms with Crippen LogP contribution >= 0.6 is 12.6 Å². The van der Waals surface area contributed by atoms with Crippen LogP contribution in [0.4, 0.5) is 10.1 Å². The molecule has 0 aliphatic carbocycles. The Bertz CT molecular complexity index is 1050. The van der Waals surface area contributed by atoms with Crippen molar-refractivity contribution in [3.63, 3.8) is 0 Å². The van der Waals surface area contributed by atoms with Gasteiger partial charge in [0.15, 0.2) is 11.6 Å². The van der Waals surface area contributed by atoms with Gasteiger partial charge in [-0.15, -0.1) is 12.6 Å². The van der Waals surface area contributed by atoms with Crippen molar-refractivity contribution < 1.29 is 19.0 Å². The number of carboxylic acids is 1. The number of hydrogen-bond acceptors (Lipinski definition) is 6. The van der Waals surface area contributed by atoms with Crippen LogP contribution in [0.25, 0.3) is 16.6 Å². The van der Waals surface area contributed by atoms with Gasteiger partial charge in [-0.2, -0.15) is 0 Å². The summed E-state index contributed by atoms with van der Waals surface area (Å²) in [6.45, 7) is 3.99. The van der Waals surface area contributed by atoms with Crippen molar-refractivity contribution in [3.05, 3.63) is 38.8 Å². The number of thiol groups is 1. The number of pyridine rings is 1. The van der Waals surface area contributed by atoms with Gasteiger partial charge in [-0.25, -0.2) is 9.18 Å². The summed E-state index contributed by atoms with van der Waals surface area (Å²) >= 11 is 4.16. The molecule has 150 valence electrons. The fraction of sp³-hybridized carbons (Fsp3) is 0.368. The Labute approximate surface area is 166 Å². The average molecular weight is 407 g/mol. The quantitative estimate of drug-likeness (QED) is 0.549. The lowest BCUT2D eigenvalue weighted by atomic mass is 10.0. The number of halogens is 1. The number of nitrogens with one attached hydrogen (secondary N) is 1. The summed E-state index contributed by atoms with van der Waals surface area (Å²) in [7, 11) is 0. The molecule has 0 saturated heterocycles. The lowest BCUT2D eigenvalue weighted by Crippen LogP contribution is -2.27. The SMILES string of the molecule is CCC(N)CCNc1c(F)cc2c(=O)c(C(=O)O)c(C)n3c2c1OC/C3=C/S. The average Bonchev–Trinajstić information content (AvgIpc) is 2.66. The van der Waals surface area contributed by atoms with E-state index in [1.54, 1.807) is 4.57 Å². The van der Waals surface area contributed by atoms with Gasteiger partial charge < -0.3 is 25.5 Å². The first-order valence-corrected chi connectivity index (χ1v) is 9.44. The molecule has 2 aromatic rings. The molecule has 3 rings (SSSR count). The van der Waals surface area contributed by atoms with Crippen LogP contribution < -0.4 is 21.2 Å². The van der Waals surface area contributed by atoms with Gasteiger partial charge in [-0.1, -0.05) is 6.92 Å². The molecule has 1 unspecified atom stereocenters. The van der Waals surface area contributed by atoms with E-state index in [2.05, 4.69) is 17.9 Å². The van der Waals surface area contributed by atoms with Crippen LogP contribution in [0.3, 0.4) is 0 Å². The minimum Gasteiger partial charge on any atom is -0.483 e. The zero-order valence-corrected chi connectivity index (χ0v) is 16.5. The summed E-state index contributed by atoms with van der Waals surface area (Å²) in [6, 6.07) is 1.04. The third-order valence-electron chi connectivity index (χ3n) is 4.96. The molecule has 0 fully saturated rings. The molecule has 1 atom stereocenters. The zero-order valence-electron chi connectivity index (χ0n) is 15.6. The standard InChI is InChI=1S/C19H22FN3O4S/c1-3-10(21)4-5-22-15-13(20)6-12-16-18(15)27-7-11(8-28)23(16)9(2)14(17(12)24)19(25)26/h6,8,10,22,28H,3-5,7,21H2,1-2H3,(H,25,26)/b11-8-. The summed E-state index contributed by atoms with van der Waals surface area (Å²) < 4.78 is 22.2. The minimum absolute atomic E-state index is 0.00874. The summed E-state index contributed by atoms with van der Waals surface area (Å²) in [4.78, 5) is 24.4.